The molecule has 1 unspecified atom stereocenters. The molecule has 14 heavy (non-hydrogen) atoms. The molecule has 0 spiro atoms. The Bertz CT molecular complexity index is 345. The Morgan fingerprint density at radius 1 is 1.50 bits per heavy atom. The maximum atomic E-state index is 11.8. The molecule has 0 N–H and O–H groups in total. The number of halogens is 2. The Morgan fingerprint density at radius 3 is 2.64 bits per heavy atom. The van der Waals surface area contributed by atoms with Gasteiger partial charge in [0.1, 0.15) is 0 Å². The van der Waals surface area contributed by atoms with Gasteiger partial charge >= 0.3 is 0 Å². The summed E-state index contributed by atoms with van der Waals surface area (Å²) in [6, 6.07) is 5.79. The molecule has 3 heteroatoms. The minimum absolute atomic E-state index is 0.117. The molecule has 0 saturated carbocycles. The van der Waals surface area contributed by atoms with Crippen molar-refractivity contribution in [3.8, 4) is 0 Å². The summed E-state index contributed by atoms with van der Waals surface area (Å²) in [5, 5.41) is 0. The summed E-state index contributed by atoms with van der Waals surface area (Å²) in [5.74, 6) is 0.148. The van der Waals surface area contributed by atoms with E-state index in [0.717, 1.165) is 22.0 Å². The third-order valence-electron chi connectivity index (χ3n) is 2.07. The normalized spacial score (nSPS) is 12.6. The molecule has 0 fully saturated rings. The Hall–Kier alpha value is -0.150. The molecule has 0 heterocycles. The van der Waals surface area contributed by atoms with Gasteiger partial charge in [-0.15, -0.1) is 0 Å². The van der Waals surface area contributed by atoms with Crippen molar-refractivity contribution in [1.82, 2.24) is 0 Å². The highest BCUT2D eigenvalue weighted by Gasteiger charge is 2.14. The highest BCUT2D eigenvalue weighted by Crippen LogP contribution is 2.20. The Morgan fingerprint density at radius 2 is 2.14 bits per heavy atom. The summed E-state index contributed by atoms with van der Waals surface area (Å²) in [6.07, 6.45) is 0.875. The molecule has 1 aromatic rings. The summed E-state index contributed by atoms with van der Waals surface area (Å²) >= 11 is 6.70. The Balaban J connectivity index is 3.14. The second-order valence-electron chi connectivity index (χ2n) is 3.14. The molecule has 0 saturated heterocycles. The fraction of sp³-hybridized carbons (Fsp3) is 0.364. The van der Waals surface area contributed by atoms with Gasteiger partial charge in [-0.2, -0.15) is 0 Å². The lowest BCUT2D eigenvalue weighted by atomic mass is 10.0. The molecular formula is C11H12Br2O. The molecular weight excluding hydrogens is 308 g/mol. The number of ketones is 1. The lowest BCUT2D eigenvalue weighted by Gasteiger charge is -2.08. The van der Waals surface area contributed by atoms with Crippen molar-refractivity contribution >= 4 is 37.6 Å². The minimum Gasteiger partial charge on any atom is -0.293 e. The topological polar surface area (TPSA) is 17.1 Å². The second kappa shape index (κ2) is 5.08. The van der Waals surface area contributed by atoms with Crippen molar-refractivity contribution in [1.29, 1.82) is 0 Å². The van der Waals surface area contributed by atoms with E-state index in [-0.39, 0.29) is 10.6 Å². The Labute approximate surface area is 101 Å². The van der Waals surface area contributed by atoms with Crippen molar-refractivity contribution in [2.24, 2.45) is 0 Å². The van der Waals surface area contributed by atoms with E-state index in [4.69, 9.17) is 0 Å². The van der Waals surface area contributed by atoms with Gasteiger partial charge in [0.05, 0.1) is 4.83 Å². The maximum absolute atomic E-state index is 11.8. The van der Waals surface area contributed by atoms with Gasteiger partial charge in [-0.05, 0) is 37.1 Å². The molecule has 0 bridgehead atoms. The molecule has 0 aliphatic carbocycles. The number of hydrogen-bond donors (Lipinski definition) is 0. The van der Waals surface area contributed by atoms with E-state index in [2.05, 4.69) is 38.8 Å². The number of hydrogen-bond acceptors (Lipinski definition) is 1. The van der Waals surface area contributed by atoms with Crippen LogP contribution >= 0.6 is 31.9 Å². The van der Waals surface area contributed by atoms with Crippen LogP contribution in [0, 0.1) is 0 Å². The molecule has 1 aromatic carbocycles. The SMILES string of the molecule is CCc1cc(Br)ccc1C(=O)C(C)Br. The molecule has 1 nitrogen and oxygen atoms in total. The van der Waals surface area contributed by atoms with Crippen molar-refractivity contribution < 1.29 is 4.79 Å². The van der Waals surface area contributed by atoms with E-state index in [9.17, 15) is 4.79 Å². The van der Waals surface area contributed by atoms with E-state index in [0.29, 0.717) is 0 Å². The number of benzene rings is 1. The minimum atomic E-state index is -0.117. The highest BCUT2D eigenvalue weighted by atomic mass is 79.9. The van der Waals surface area contributed by atoms with Crippen molar-refractivity contribution in [2.75, 3.05) is 0 Å². The molecule has 1 atom stereocenters. The average Bonchev–Trinajstić information content (AvgIpc) is 2.16. The number of alkyl halides is 1. The first-order valence-electron chi connectivity index (χ1n) is 4.53. The lowest BCUT2D eigenvalue weighted by Crippen LogP contribution is -2.12. The van der Waals surface area contributed by atoms with Crippen molar-refractivity contribution in [2.45, 2.75) is 25.1 Å². The maximum Gasteiger partial charge on any atom is 0.176 e. The summed E-state index contributed by atoms with van der Waals surface area (Å²) in [7, 11) is 0. The molecule has 0 radical (unpaired) electrons. The third-order valence-corrected chi connectivity index (χ3v) is 2.98. The summed E-state index contributed by atoms with van der Waals surface area (Å²) in [5.41, 5.74) is 1.91. The number of aryl methyl sites for hydroxylation is 1. The number of rotatable bonds is 3. The van der Waals surface area contributed by atoms with Gasteiger partial charge in [0.25, 0.3) is 0 Å². The van der Waals surface area contributed by atoms with Crippen LogP contribution in [0.2, 0.25) is 0 Å². The standard InChI is InChI=1S/C11H12Br2O/c1-3-8-6-9(13)4-5-10(8)11(14)7(2)12/h4-7H,3H2,1-2H3. The van der Waals surface area contributed by atoms with E-state index >= 15 is 0 Å². The molecule has 0 aromatic heterocycles. The van der Waals surface area contributed by atoms with Crippen LogP contribution in [0.4, 0.5) is 0 Å². The van der Waals surface area contributed by atoms with E-state index in [1.165, 1.54) is 0 Å². The van der Waals surface area contributed by atoms with Crippen molar-refractivity contribution in [3.63, 3.8) is 0 Å². The zero-order valence-electron chi connectivity index (χ0n) is 8.18. The first-order chi connectivity index (χ1) is 6.56. The van der Waals surface area contributed by atoms with Crippen LogP contribution in [0.5, 0.6) is 0 Å². The summed E-state index contributed by atoms with van der Waals surface area (Å²) in [4.78, 5) is 11.7. The fourth-order valence-corrected chi connectivity index (χ4v) is 1.96. The van der Waals surface area contributed by atoms with Crippen LogP contribution in [0.1, 0.15) is 29.8 Å². The zero-order chi connectivity index (χ0) is 10.7. The fourth-order valence-electron chi connectivity index (χ4n) is 1.31. The first kappa shape index (κ1) is 11.9. The van der Waals surface area contributed by atoms with Crippen LogP contribution < -0.4 is 0 Å². The average molecular weight is 320 g/mol. The van der Waals surface area contributed by atoms with E-state index in [1.807, 2.05) is 25.1 Å². The smallest absolute Gasteiger partial charge is 0.176 e. The van der Waals surface area contributed by atoms with Gasteiger partial charge < -0.3 is 0 Å². The van der Waals surface area contributed by atoms with E-state index < -0.39 is 0 Å². The highest BCUT2D eigenvalue weighted by molar-refractivity contribution is 9.10. The van der Waals surface area contributed by atoms with Gasteiger partial charge in [0.2, 0.25) is 0 Å². The predicted octanol–water partition coefficient (Wildman–Crippen LogP) is 3.98. The van der Waals surface area contributed by atoms with Crippen LogP contribution in [-0.2, 0) is 6.42 Å². The zero-order valence-corrected chi connectivity index (χ0v) is 11.4. The second-order valence-corrected chi connectivity index (χ2v) is 5.42. The van der Waals surface area contributed by atoms with Crippen LogP contribution in [0.3, 0.4) is 0 Å². The van der Waals surface area contributed by atoms with Gasteiger partial charge in [-0.1, -0.05) is 38.8 Å². The van der Waals surface area contributed by atoms with E-state index in [1.54, 1.807) is 0 Å². The summed E-state index contributed by atoms with van der Waals surface area (Å²) < 4.78 is 1.02. The summed E-state index contributed by atoms with van der Waals surface area (Å²) in [6.45, 7) is 3.90. The quantitative estimate of drug-likeness (QED) is 0.608. The van der Waals surface area contributed by atoms with Gasteiger partial charge in [0, 0.05) is 10.0 Å². The van der Waals surface area contributed by atoms with Gasteiger partial charge in [0.15, 0.2) is 5.78 Å². The van der Waals surface area contributed by atoms with Gasteiger partial charge in [-0.25, -0.2) is 0 Å². The molecule has 76 valence electrons. The van der Waals surface area contributed by atoms with Gasteiger partial charge in [-0.3, -0.25) is 4.79 Å². The molecule has 1 rings (SSSR count). The predicted molar refractivity (Wildman–Crippen MR) is 66.2 cm³/mol. The number of carbonyl (C=O) groups excluding carboxylic acids is 1. The van der Waals surface area contributed by atoms with Crippen LogP contribution in [0.15, 0.2) is 22.7 Å². The third kappa shape index (κ3) is 2.67. The number of carbonyl (C=O) groups is 1. The van der Waals surface area contributed by atoms with Crippen LogP contribution in [-0.4, -0.2) is 10.6 Å². The molecule has 0 aliphatic rings. The Kier molecular flexibility index (Phi) is 4.32. The molecule has 0 amide bonds. The monoisotopic (exact) mass is 318 g/mol. The number of Topliss-reactive ketones (excluding diaryl/α,β-unsaturated/α-hetero) is 1. The molecule has 0 aliphatic heterocycles. The first-order valence-corrected chi connectivity index (χ1v) is 6.23. The van der Waals surface area contributed by atoms with Crippen LogP contribution in [0.25, 0.3) is 0 Å². The lowest BCUT2D eigenvalue weighted by molar-refractivity contribution is 0.0995. The van der Waals surface area contributed by atoms with Crippen molar-refractivity contribution in [3.05, 3.63) is 33.8 Å². The largest absolute Gasteiger partial charge is 0.293 e.